The Balaban J connectivity index is 1.76. The first-order valence-corrected chi connectivity index (χ1v) is 22.8. The highest BCUT2D eigenvalue weighted by molar-refractivity contribution is 7.80. The molecule has 0 spiro atoms. The minimum absolute atomic E-state index is 0.0596. The van der Waals surface area contributed by atoms with Crippen molar-refractivity contribution in [3.05, 3.63) is 0 Å². The number of hydrogen-bond acceptors (Lipinski definition) is 12. The Morgan fingerprint density at radius 1 is 0.767 bits per heavy atom. The fraction of sp³-hybridized carbons (Fsp3) is 0.800. The van der Waals surface area contributed by atoms with Gasteiger partial charge in [0.15, 0.2) is 0 Å². The highest BCUT2D eigenvalue weighted by Gasteiger charge is 2.47. The van der Waals surface area contributed by atoms with Crippen molar-refractivity contribution in [3.8, 4) is 0 Å². The minimum Gasteiger partial charge on any atom is -0.480 e. The molecule has 8 atom stereocenters. The number of likely N-dealkylation sites (tertiary alicyclic amines) is 2. The lowest BCUT2D eigenvalue weighted by atomic mass is 9.84. The molecule has 1 saturated carbocycles. The molecule has 340 valence electrons. The molecule has 0 radical (unpaired) electrons. The Bertz CT molecular complexity index is 1520. The fourth-order valence-corrected chi connectivity index (χ4v) is 8.90. The van der Waals surface area contributed by atoms with Gasteiger partial charge < -0.3 is 52.7 Å². The third-order valence-electron chi connectivity index (χ3n) is 11.9. The van der Waals surface area contributed by atoms with Gasteiger partial charge in [0.1, 0.15) is 41.8 Å². The molecule has 18 nitrogen and oxygen atoms in total. The van der Waals surface area contributed by atoms with Crippen LogP contribution in [0.5, 0.6) is 0 Å². The molecule has 20 heteroatoms. The molecule has 0 bridgehead atoms. The van der Waals surface area contributed by atoms with Gasteiger partial charge in [-0.1, -0.05) is 64.7 Å². The smallest absolute Gasteiger partial charge is 0.327 e. The standard InChI is InChI=1S/C40H68N8O10S2/c1-3-4-5-9-18-40(42,23-60)39(58)48-20-11-15-30(48)37(55)47-19-10-14-29(47)35(53)46-32(24(2)49)36(54)43-26(16-17-31(41)50)33(51)44-27(21-25-12-7-6-8-13-25)34(52)45-28(22-59)38(56)57/h24-30,32,49,59-60H,3-23,42H2,1-2H3,(H2,41,50)(H,43,54)(H,44,51)(H,45,52)(H,46,53)(H,56,57)/t24-,26+,27+,28+,29+,30+,32+,40+/m1/s1. The summed E-state index contributed by atoms with van der Waals surface area (Å²) in [5.41, 5.74) is 10.7. The molecule has 0 aromatic rings. The van der Waals surface area contributed by atoms with E-state index in [9.17, 15) is 48.6 Å². The Kier molecular flexibility index (Phi) is 20.9. The van der Waals surface area contributed by atoms with Crippen molar-refractivity contribution < 1.29 is 48.6 Å². The largest absolute Gasteiger partial charge is 0.480 e. The molecule has 0 unspecified atom stereocenters. The second kappa shape index (κ2) is 24.7. The van der Waals surface area contributed by atoms with Crippen molar-refractivity contribution in [2.24, 2.45) is 17.4 Å². The highest BCUT2D eigenvalue weighted by Crippen LogP contribution is 2.30. The van der Waals surface area contributed by atoms with Crippen LogP contribution in [0.3, 0.4) is 0 Å². The third-order valence-corrected chi connectivity index (χ3v) is 12.9. The van der Waals surface area contributed by atoms with Crippen LogP contribution in [0.2, 0.25) is 0 Å². The summed E-state index contributed by atoms with van der Waals surface area (Å²) in [5, 5.41) is 30.3. The molecule has 3 rings (SSSR count). The highest BCUT2D eigenvalue weighted by atomic mass is 32.1. The Morgan fingerprint density at radius 2 is 1.37 bits per heavy atom. The van der Waals surface area contributed by atoms with Crippen LogP contribution < -0.4 is 32.7 Å². The van der Waals surface area contributed by atoms with Crippen LogP contribution >= 0.6 is 25.3 Å². The predicted molar refractivity (Wildman–Crippen MR) is 230 cm³/mol. The Labute approximate surface area is 364 Å². The van der Waals surface area contributed by atoms with Crippen LogP contribution in [0.15, 0.2) is 0 Å². The van der Waals surface area contributed by atoms with Crippen molar-refractivity contribution in [1.82, 2.24) is 31.1 Å². The molecule has 0 aromatic heterocycles. The molecule has 10 N–H and O–H groups in total. The number of hydrogen-bond donors (Lipinski definition) is 10. The van der Waals surface area contributed by atoms with Gasteiger partial charge in [0.2, 0.25) is 41.4 Å². The summed E-state index contributed by atoms with van der Waals surface area (Å²) in [7, 11) is 0. The molecule has 1 aliphatic carbocycles. The summed E-state index contributed by atoms with van der Waals surface area (Å²) in [6.45, 7) is 3.91. The van der Waals surface area contributed by atoms with Gasteiger partial charge in [-0.3, -0.25) is 33.6 Å². The van der Waals surface area contributed by atoms with Crippen LogP contribution in [-0.2, 0) is 38.4 Å². The monoisotopic (exact) mass is 884 g/mol. The van der Waals surface area contributed by atoms with E-state index >= 15 is 0 Å². The van der Waals surface area contributed by atoms with Gasteiger partial charge in [-0.25, -0.2) is 4.79 Å². The van der Waals surface area contributed by atoms with E-state index < -0.39 is 89.3 Å². The van der Waals surface area contributed by atoms with Gasteiger partial charge >= 0.3 is 5.97 Å². The van der Waals surface area contributed by atoms with E-state index in [4.69, 9.17) is 11.5 Å². The number of amides is 7. The molecule has 3 fully saturated rings. The van der Waals surface area contributed by atoms with Gasteiger partial charge in [0.25, 0.3) is 0 Å². The molecular formula is C40H68N8O10S2. The molecular weight excluding hydrogens is 817 g/mol. The lowest BCUT2D eigenvalue weighted by molar-refractivity contribution is -0.149. The number of carbonyl (C=O) groups excluding carboxylic acids is 7. The van der Waals surface area contributed by atoms with Crippen LogP contribution in [0, 0.1) is 5.92 Å². The number of aliphatic hydroxyl groups is 1. The summed E-state index contributed by atoms with van der Waals surface area (Å²) in [6.07, 6.45) is 8.38. The van der Waals surface area contributed by atoms with Crippen molar-refractivity contribution >= 4 is 72.6 Å². The van der Waals surface area contributed by atoms with Crippen molar-refractivity contribution in [1.29, 1.82) is 0 Å². The zero-order valence-corrected chi connectivity index (χ0v) is 36.9. The molecule has 7 amide bonds. The quantitative estimate of drug-likeness (QED) is 0.0460. The van der Waals surface area contributed by atoms with Crippen molar-refractivity contribution in [2.75, 3.05) is 24.6 Å². The lowest BCUT2D eigenvalue weighted by Gasteiger charge is -2.36. The van der Waals surface area contributed by atoms with Gasteiger partial charge in [-0.05, 0) is 57.8 Å². The third kappa shape index (κ3) is 14.5. The van der Waals surface area contributed by atoms with Gasteiger partial charge in [-0.2, -0.15) is 25.3 Å². The SMILES string of the molecule is CCCCCC[C@](N)(CS)C(=O)N1CCC[C@H]1C(=O)N1CCC[C@H]1C(=O)N[C@H](C(=O)N[C@@H](CCC(N)=O)C(=O)N[C@@H](CC1CCCCC1)C(=O)N[C@@H](CS)C(=O)O)[C@@H](C)O. The molecule has 60 heavy (non-hydrogen) atoms. The van der Waals surface area contributed by atoms with Crippen LogP contribution in [-0.4, -0.2) is 140 Å². The second-order valence-corrected chi connectivity index (χ2v) is 17.3. The second-order valence-electron chi connectivity index (χ2n) is 16.6. The normalized spacial score (nSPS) is 21.8. The summed E-state index contributed by atoms with van der Waals surface area (Å²) < 4.78 is 0. The maximum Gasteiger partial charge on any atom is 0.327 e. The van der Waals surface area contributed by atoms with E-state index in [0.29, 0.717) is 32.2 Å². The van der Waals surface area contributed by atoms with Crippen molar-refractivity contribution in [2.45, 2.75) is 171 Å². The van der Waals surface area contributed by atoms with Crippen LogP contribution in [0.25, 0.3) is 0 Å². The maximum atomic E-state index is 14.1. The van der Waals surface area contributed by atoms with E-state index in [1.54, 1.807) is 0 Å². The number of aliphatic hydroxyl groups excluding tert-OH is 1. The number of primary amides is 1. The van der Waals surface area contributed by atoms with E-state index in [1.165, 1.54) is 16.7 Å². The topological polar surface area (TPSA) is 284 Å². The van der Waals surface area contributed by atoms with E-state index in [0.717, 1.165) is 57.8 Å². The van der Waals surface area contributed by atoms with Gasteiger partial charge in [-0.15, -0.1) is 0 Å². The molecule has 2 heterocycles. The maximum absolute atomic E-state index is 14.1. The Hall–Kier alpha value is -3.62. The summed E-state index contributed by atoms with van der Waals surface area (Å²) in [5.74, 6) is -6.21. The minimum atomic E-state index is -1.61. The predicted octanol–water partition coefficient (Wildman–Crippen LogP) is 0.136. The van der Waals surface area contributed by atoms with Gasteiger partial charge in [0, 0.05) is 31.0 Å². The van der Waals surface area contributed by atoms with Crippen LogP contribution in [0.1, 0.15) is 123 Å². The number of rotatable bonds is 24. The molecule has 0 aromatic carbocycles. The number of carboxylic acids is 1. The first-order valence-electron chi connectivity index (χ1n) is 21.5. The zero-order chi connectivity index (χ0) is 44.6. The summed E-state index contributed by atoms with van der Waals surface area (Å²) >= 11 is 8.41. The number of thiol groups is 2. The molecule has 3 aliphatic rings. The van der Waals surface area contributed by atoms with Gasteiger partial charge in [0.05, 0.1) is 6.10 Å². The van der Waals surface area contributed by atoms with E-state index in [2.05, 4.69) is 53.4 Å². The zero-order valence-electron chi connectivity index (χ0n) is 35.1. The number of nitrogens with one attached hydrogen (secondary N) is 4. The summed E-state index contributed by atoms with van der Waals surface area (Å²) in [4.78, 5) is 109. The molecule has 2 saturated heterocycles. The van der Waals surface area contributed by atoms with Crippen molar-refractivity contribution in [3.63, 3.8) is 0 Å². The fourth-order valence-electron chi connectivity index (χ4n) is 8.36. The Morgan fingerprint density at radius 3 is 1.95 bits per heavy atom. The summed E-state index contributed by atoms with van der Waals surface area (Å²) in [6, 6.07) is -7.44. The number of carbonyl (C=O) groups is 8. The number of unbranched alkanes of at least 4 members (excludes halogenated alkanes) is 3. The average molecular weight is 885 g/mol. The van der Waals surface area contributed by atoms with Crippen LogP contribution in [0.4, 0.5) is 0 Å². The number of nitrogens with two attached hydrogens (primary N) is 2. The number of nitrogens with zero attached hydrogens (tertiary/aromatic N) is 2. The lowest BCUT2D eigenvalue weighted by Crippen LogP contribution is -2.62. The molecule has 2 aliphatic heterocycles. The van der Waals surface area contributed by atoms with E-state index in [-0.39, 0.29) is 55.6 Å². The average Bonchev–Trinajstić information content (AvgIpc) is 3.92. The van der Waals surface area contributed by atoms with E-state index in [1.807, 2.05) is 0 Å². The first kappa shape index (κ1) is 50.7. The number of carboxylic acid groups (broad SMARTS) is 1. The first-order chi connectivity index (χ1) is 28.5. The number of aliphatic carboxylic acids is 1.